The summed E-state index contributed by atoms with van der Waals surface area (Å²) in [6, 6.07) is 10.3. The first kappa shape index (κ1) is 12.7. The molecule has 3 nitrogen and oxygen atoms in total. The first-order chi connectivity index (χ1) is 8.56. The molecule has 1 aromatic heterocycles. The number of rotatable bonds is 4. The molecule has 0 saturated heterocycles. The van der Waals surface area contributed by atoms with Crippen LogP contribution >= 0.6 is 0 Å². The Labute approximate surface area is 108 Å². The SMILES string of the molecule is Cc1cc(COc2ccc(C(C)C)cc2)n(C)n1. The minimum absolute atomic E-state index is 0.554. The van der Waals surface area contributed by atoms with Gasteiger partial charge in [0, 0.05) is 7.05 Å². The van der Waals surface area contributed by atoms with Crippen LogP contribution in [0, 0.1) is 6.92 Å². The van der Waals surface area contributed by atoms with E-state index in [1.807, 2.05) is 36.9 Å². The molecule has 0 aliphatic rings. The number of nitrogens with zero attached hydrogens (tertiary/aromatic N) is 2. The van der Waals surface area contributed by atoms with Crippen molar-refractivity contribution in [3.05, 3.63) is 47.3 Å². The number of hydrogen-bond acceptors (Lipinski definition) is 2. The van der Waals surface area contributed by atoms with Crippen molar-refractivity contribution in [2.45, 2.75) is 33.3 Å². The molecule has 2 aromatic rings. The molecule has 18 heavy (non-hydrogen) atoms. The highest BCUT2D eigenvalue weighted by Gasteiger charge is 2.03. The van der Waals surface area contributed by atoms with Gasteiger partial charge in [0.2, 0.25) is 0 Å². The Morgan fingerprint density at radius 2 is 1.89 bits per heavy atom. The van der Waals surface area contributed by atoms with Gasteiger partial charge in [-0.25, -0.2) is 0 Å². The Morgan fingerprint density at radius 1 is 1.22 bits per heavy atom. The standard InChI is InChI=1S/C15H20N2O/c1-11(2)13-5-7-15(8-6-13)18-10-14-9-12(3)16-17(14)4/h5-9,11H,10H2,1-4H3. The zero-order valence-electron chi connectivity index (χ0n) is 11.5. The van der Waals surface area contributed by atoms with E-state index in [1.165, 1.54) is 5.56 Å². The van der Waals surface area contributed by atoms with Gasteiger partial charge in [0.05, 0.1) is 11.4 Å². The average molecular weight is 244 g/mol. The molecule has 0 bridgehead atoms. The van der Waals surface area contributed by atoms with Crippen LogP contribution in [0.4, 0.5) is 0 Å². The summed E-state index contributed by atoms with van der Waals surface area (Å²) < 4.78 is 7.62. The van der Waals surface area contributed by atoms with Crippen molar-refractivity contribution in [1.82, 2.24) is 9.78 Å². The molecular weight excluding hydrogens is 224 g/mol. The smallest absolute Gasteiger partial charge is 0.130 e. The zero-order valence-corrected chi connectivity index (χ0v) is 11.5. The molecular formula is C15H20N2O. The van der Waals surface area contributed by atoms with Crippen molar-refractivity contribution < 1.29 is 4.74 Å². The fraction of sp³-hybridized carbons (Fsp3) is 0.400. The van der Waals surface area contributed by atoms with Gasteiger partial charge in [-0.3, -0.25) is 4.68 Å². The van der Waals surface area contributed by atoms with E-state index >= 15 is 0 Å². The lowest BCUT2D eigenvalue weighted by molar-refractivity contribution is 0.295. The molecule has 0 N–H and O–H groups in total. The van der Waals surface area contributed by atoms with Crippen LogP contribution in [0.15, 0.2) is 30.3 Å². The Kier molecular flexibility index (Phi) is 3.70. The summed E-state index contributed by atoms with van der Waals surface area (Å²) in [7, 11) is 1.94. The summed E-state index contributed by atoms with van der Waals surface area (Å²) in [5, 5.41) is 4.30. The van der Waals surface area contributed by atoms with E-state index in [0.717, 1.165) is 17.1 Å². The van der Waals surface area contributed by atoms with Gasteiger partial charge in [0.25, 0.3) is 0 Å². The summed E-state index contributed by atoms with van der Waals surface area (Å²) >= 11 is 0. The van der Waals surface area contributed by atoms with E-state index in [4.69, 9.17) is 4.74 Å². The van der Waals surface area contributed by atoms with E-state index < -0.39 is 0 Å². The van der Waals surface area contributed by atoms with Gasteiger partial charge in [-0.1, -0.05) is 26.0 Å². The van der Waals surface area contributed by atoms with Crippen molar-refractivity contribution in [2.75, 3.05) is 0 Å². The van der Waals surface area contributed by atoms with Crippen LogP contribution in [-0.4, -0.2) is 9.78 Å². The summed E-state index contributed by atoms with van der Waals surface area (Å²) in [6.45, 7) is 6.92. The number of benzene rings is 1. The minimum Gasteiger partial charge on any atom is -0.487 e. The van der Waals surface area contributed by atoms with Gasteiger partial charge >= 0.3 is 0 Å². The molecule has 0 radical (unpaired) electrons. The van der Waals surface area contributed by atoms with Crippen molar-refractivity contribution >= 4 is 0 Å². The number of aromatic nitrogens is 2. The van der Waals surface area contributed by atoms with Crippen LogP contribution in [0.3, 0.4) is 0 Å². The number of hydrogen-bond donors (Lipinski definition) is 0. The van der Waals surface area contributed by atoms with Crippen molar-refractivity contribution in [1.29, 1.82) is 0 Å². The molecule has 0 fully saturated rings. The van der Waals surface area contributed by atoms with Gasteiger partial charge in [-0.2, -0.15) is 5.10 Å². The van der Waals surface area contributed by atoms with E-state index in [1.54, 1.807) is 0 Å². The zero-order chi connectivity index (χ0) is 13.1. The fourth-order valence-electron chi connectivity index (χ4n) is 1.91. The van der Waals surface area contributed by atoms with Crippen molar-refractivity contribution in [3.8, 4) is 5.75 Å². The topological polar surface area (TPSA) is 27.1 Å². The predicted molar refractivity (Wildman–Crippen MR) is 72.8 cm³/mol. The molecule has 0 spiro atoms. The molecule has 3 heteroatoms. The molecule has 0 aliphatic carbocycles. The number of ether oxygens (including phenoxy) is 1. The normalized spacial score (nSPS) is 10.9. The third-order valence-electron chi connectivity index (χ3n) is 3.03. The van der Waals surface area contributed by atoms with E-state index in [2.05, 4.69) is 31.1 Å². The van der Waals surface area contributed by atoms with Crippen LogP contribution in [-0.2, 0) is 13.7 Å². The Morgan fingerprint density at radius 3 is 2.39 bits per heavy atom. The van der Waals surface area contributed by atoms with Gasteiger partial charge in [-0.05, 0) is 36.6 Å². The maximum atomic E-state index is 5.76. The number of aryl methyl sites for hydroxylation is 2. The first-order valence-electron chi connectivity index (χ1n) is 6.28. The van der Waals surface area contributed by atoms with Gasteiger partial charge < -0.3 is 4.74 Å². The van der Waals surface area contributed by atoms with Crippen LogP contribution in [0.25, 0.3) is 0 Å². The highest BCUT2D eigenvalue weighted by Crippen LogP contribution is 2.19. The highest BCUT2D eigenvalue weighted by molar-refractivity contribution is 5.29. The maximum absolute atomic E-state index is 5.76. The monoisotopic (exact) mass is 244 g/mol. The Balaban J connectivity index is 2.00. The van der Waals surface area contributed by atoms with Crippen LogP contribution in [0.2, 0.25) is 0 Å². The van der Waals surface area contributed by atoms with Crippen LogP contribution in [0.1, 0.15) is 36.7 Å². The first-order valence-corrected chi connectivity index (χ1v) is 6.28. The molecule has 0 unspecified atom stereocenters. The van der Waals surface area contributed by atoms with Gasteiger partial charge in [0.15, 0.2) is 0 Å². The summed E-state index contributed by atoms with van der Waals surface area (Å²) in [5.41, 5.74) is 3.44. The fourth-order valence-corrected chi connectivity index (χ4v) is 1.91. The Bertz CT molecular complexity index is 512. The largest absolute Gasteiger partial charge is 0.487 e. The third-order valence-corrected chi connectivity index (χ3v) is 3.03. The highest BCUT2D eigenvalue weighted by atomic mass is 16.5. The van der Waals surface area contributed by atoms with Crippen LogP contribution < -0.4 is 4.74 Å². The lowest BCUT2D eigenvalue weighted by Crippen LogP contribution is -2.03. The van der Waals surface area contributed by atoms with E-state index in [-0.39, 0.29) is 0 Å². The van der Waals surface area contributed by atoms with Crippen molar-refractivity contribution in [3.63, 3.8) is 0 Å². The van der Waals surface area contributed by atoms with E-state index in [9.17, 15) is 0 Å². The third kappa shape index (κ3) is 2.92. The van der Waals surface area contributed by atoms with Gasteiger partial charge in [0.1, 0.15) is 12.4 Å². The second-order valence-corrected chi connectivity index (χ2v) is 4.91. The quantitative estimate of drug-likeness (QED) is 0.824. The molecule has 2 rings (SSSR count). The molecule has 96 valence electrons. The summed E-state index contributed by atoms with van der Waals surface area (Å²) in [5.74, 6) is 1.46. The second-order valence-electron chi connectivity index (χ2n) is 4.91. The van der Waals surface area contributed by atoms with Crippen molar-refractivity contribution in [2.24, 2.45) is 7.05 Å². The molecule has 0 atom stereocenters. The second kappa shape index (κ2) is 5.25. The molecule has 0 amide bonds. The minimum atomic E-state index is 0.554. The lowest BCUT2D eigenvalue weighted by Gasteiger charge is -2.09. The van der Waals surface area contributed by atoms with Crippen LogP contribution in [0.5, 0.6) is 5.75 Å². The molecule has 0 aliphatic heterocycles. The molecule has 1 heterocycles. The van der Waals surface area contributed by atoms with Gasteiger partial charge in [-0.15, -0.1) is 0 Å². The maximum Gasteiger partial charge on any atom is 0.130 e. The summed E-state index contributed by atoms with van der Waals surface area (Å²) in [6.07, 6.45) is 0. The van der Waals surface area contributed by atoms with E-state index in [0.29, 0.717) is 12.5 Å². The lowest BCUT2D eigenvalue weighted by atomic mass is 10.0. The summed E-state index contributed by atoms with van der Waals surface area (Å²) in [4.78, 5) is 0. The average Bonchev–Trinajstić information content (AvgIpc) is 2.66. The molecule has 0 saturated carbocycles. The Hall–Kier alpha value is -1.77. The molecule has 1 aromatic carbocycles. The predicted octanol–water partition coefficient (Wildman–Crippen LogP) is 3.43.